The van der Waals surface area contributed by atoms with Crippen molar-refractivity contribution in [2.24, 2.45) is 5.92 Å². The maximum atomic E-state index is 13.4. The molecule has 33 heavy (non-hydrogen) atoms. The second-order valence-electron chi connectivity index (χ2n) is 8.30. The summed E-state index contributed by atoms with van der Waals surface area (Å²) < 4.78 is 22.3. The number of imidazole rings is 2. The zero-order chi connectivity index (χ0) is 22.9. The van der Waals surface area contributed by atoms with Gasteiger partial charge < -0.3 is 9.72 Å². The average Bonchev–Trinajstić information content (AvgIpc) is 3.31. The molecule has 0 radical (unpaired) electrons. The first-order chi connectivity index (χ1) is 16.0. The third kappa shape index (κ3) is 4.83. The third-order valence-corrected chi connectivity index (χ3v) is 6.56. The van der Waals surface area contributed by atoms with E-state index in [9.17, 15) is 9.18 Å². The molecule has 0 atom stereocenters. The summed E-state index contributed by atoms with van der Waals surface area (Å²) >= 11 is 12.5. The van der Waals surface area contributed by atoms with Crippen molar-refractivity contribution < 1.29 is 9.13 Å². The molecule has 1 aromatic carbocycles. The molecule has 7 nitrogen and oxygen atoms in total. The minimum absolute atomic E-state index is 0.124. The first kappa shape index (κ1) is 22.1. The van der Waals surface area contributed by atoms with E-state index in [1.807, 2.05) is 16.8 Å². The highest BCUT2D eigenvalue weighted by atomic mass is 35.5. The highest BCUT2D eigenvalue weighted by Gasteiger charge is 2.20. The quantitative estimate of drug-likeness (QED) is 0.406. The number of nitrogens with one attached hydrogen (secondary N) is 1. The molecule has 0 saturated carbocycles. The predicted octanol–water partition coefficient (Wildman–Crippen LogP) is 4.43. The van der Waals surface area contributed by atoms with Crippen molar-refractivity contribution in [3.63, 3.8) is 0 Å². The summed E-state index contributed by atoms with van der Waals surface area (Å²) in [5.74, 6) is 0.303. The van der Waals surface area contributed by atoms with E-state index in [-0.39, 0.29) is 17.9 Å². The van der Waals surface area contributed by atoms with Gasteiger partial charge in [0.1, 0.15) is 5.82 Å². The molecule has 0 spiro atoms. The molecule has 0 bridgehead atoms. The van der Waals surface area contributed by atoms with Crippen LogP contribution in [0.1, 0.15) is 29.9 Å². The molecule has 0 amide bonds. The SMILES string of the molecule is O=c1n(Cc2nc3nc(F)ccc3[nH]2)cc(Cc2ccc(Cl)cc2Cl)n1CC1CCOCC1. The van der Waals surface area contributed by atoms with Crippen LogP contribution in [0.2, 0.25) is 10.0 Å². The Kier molecular flexibility index (Phi) is 6.23. The number of ether oxygens (including phenoxy) is 1. The minimum atomic E-state index is -0.595. The number of benzene rings is 1. The van der Waals surface area contributed by atoms with Gasteiger partial charge >= 0.3 is 5.69 Å². The second kappa shape index (κ2) is 9.29. The van der Waals surface area contributed by atoms with Crippen LogP contribution in [0.4, 0.5) is 4.39 Å². The van der Waals surface area contributed by atoms with Crippen molar-refractivity contribution in [3.05, 3.63) is 80.1 Å². The maximum absolute atomic E-state index is 13.4. The highest BCUT2D eigenvalue weighted by molar-refractivity contribution is 6.35. The fourth-order valence-corrected chi connectivity index (χ4v) is 4.71. The van der Waals surface area contributed by atoms with Crippen LogP contribution >= 0.6 is 23.2 Å². The number of fused-ring (bicyclic) bond motifs is 1. The van der Waals surface area contributed by atoms with Gasteiger partial charge in [-0.1, -0.05) is 29.3 Å². The van der Waals surface area contributed by atoms with Gasteiger partial charge in [-0.05, 0) is 48.6 Å². The normalized spacial score (nSPS) is 14.9. The van der Waals surface area contributed by atoms with Gasteiger partial charge in [0.2, 0.25) is 5.95 Å². The van der Waals surface area contributed by atoms with Crippen molar-refractivity contribution in [3.8, 4) is 0 Å². The molecule has 0 aliphatic carbocycles. The summed E-state index contributed by atoms with van der Waals surface area (Å²) in [6, 6.07) is 8.23. The molecular formula is C23H22Cl2FN5O2. The van der Waals surface area contributed by atoms with E-state index in [0.717, 1.165) is 24.1 Å². The Morgan fingerprint density at radius 2 is 1.97 bits per heavy atom. The molecule has 10 heteroatoms. The van der Waals surface area contributed by atoms with Crippen molar-refractivity contribution in [1.29, 1.82) is 0 Å². The minimum Gasteiger partial charge on any atom is -0.381 e. The smallest absolute Gasteiger partial charge is 0.328 e. The van der Waals surface area contributed by atoms with Crippen LogP contribution in [0.15, 0.2) is 41.3 Å². The second-order valence-corrected chi connectivity index (χ2v) is 9.14. The third-order valence-electron chi connectivity index (χ3n) is 5.98. The van der Waals surface area contributed by atoms with E-state index in [1.54, 1.807) is 22.8 Å². The monoisotopic (exact) mass is 489 g/mol. The Hall–Kier alpha value is -2.68. The first-order valence-electron chi connectivity index (χ1n) is 10.8. The summed E-state index contributed by atoms with van der Waals surface area (Å²) in [5.41, 5.74) is 2.53. The largest absolute Gasteiger partial charge is 0.381 e. The molecule has 5 rings (SSSR count). The van der Waals surface area contributed by atoms with E-state index in [0.29, 0.717) is 53.5 Å². The van der Waals surface area contributed by atoms with Crippen molar-refractivity contribution in [1.82, 2.24) is 24.1 Å². The van der Waals surface area contributed by atoms with Gasteiger partial charge in [0.15, 0.2) is 5.65 Å². The molecule has 4 aromatic rings. The summed E-state index contributed by atoms with van der Waals surface area (Å²) in [4.78, 5) is 24.6. The Morgan fingerprint density at radius 1 is 1.15 bits per heavy atom. The van der Waals surface area contributed by atoms with Crippen LogP contribution in [-0.2, 0) is 24.2 Å². The van der Waals surface area contributed by atoms with Crippen LogP contribution in [0.5, 0.6) is 0 Å². The lowest BCUT2D eigenvalue weighted by molar-refractivity contribution is 0.0607. The lowest BCUT2D eigenvalue weighted by Crippen LogP contribution is -2.30. The average molecular weight is 490 g/mol. The van der Waals surface area contributed by atoms with Crippen molar-refractivity contribution in [2.45, 2.75) is 32.4 Å². The van der Waals surface area contributed by atoms with E-state index in [1.165, 1.54) is 6.07 Å². The Bertz CT molecular complexity index is 1360. The summed E-state index contributed by atoms with van der Waals surface area (Å²) in [6.45, 7) is 2.25. The number of rotatable bonds is 6. The first-order valence-corrected chi connectivity index (χ1v) is 11.5. The molecule has 0 unspecified atom stereocenters. The number of H-pyrrole nitrogens is 1. The lowest BCUT2D eigenvalue weighted by atomic mass is 10.00. The number of nitrogens with zero attached hydrogens (tertiary/aromatic N) is 4. The molecule has 4 heterocycles. The highest BCUT2D eigenvalue weighted by Crippen LogP contribution is 2.24. The number of hydrogen-bond donors (Lipinski definition) is 1. The van der Waals surface area contributed by atoms with Crippen LogP contribution in [0, 0.1) is 11.9 Å². The van der Waals surface area contributed by atoms with E-state index >= 15 is 0 Å². The Balaban J connectivity index is 1.49. The van der Waals surface area contributed by atoms with E-state index in [2.05, 4.69) is 15.0 Å². The van der Waals surface area contributed by atoms with Gasteiger partial charge in [-0.15, -0.1) is 0 Å². The zero-order valence-corrected chi connectivity index (χ0v) is 19.2. The van der Waals surface area contributed by atoms with Gasteiger partial charge in [-0.2, -0.15) is 9.37 Å². The van der Waals surface area contributed by atoms with Crippen LogP contribution < -0.4 is 5.69 Å². The molecule has 1 fully saturated rings. The number of aromatic nitrogens is 5. The molecule has 1 aliphatic rings. The fourth-order valence-electron chi connectivity index (χ4n) is 4.24. The lowest BCUT2D eigenvalue weighted by Gasteiger charge is -2.22. The molecule has 1 saturated heterocycles. The molecule has 1 aliphatic heterocycles. The zero-order valence-electron chi connectivity index (χ0n) is 17.7. The molecule has 172 valence electrons. The van der Waals surface area contributed by atoms with Gasteiger partial charge in [0, 0.05) is 48.1 Å². The van der Waals surface area contributed by atoms with Crippen LogP contribution in [0.25, 0.3) is 11.2 Å². The van der Waals surface area contributed by atoms with Crippen LogP contribution in [-0.4, -0.2) is 37.3 Å². The standard InChI is InChI=1S/C23H22Cl2FN5O2/c24-16-2-1-15(18(25)10-16)9-17-12-30(23(32)31(17)11-14-5-7-33-8-6-14)13-21-27-19-3-4-20(26)28-22(19)29-21/h1-4,10,12,14H,5-9,11,13H2,(H,27,28,29). The van der Waals surface area contributed by atoms with Crippen molar-refractivity contribution in [2.75, 3.05) is 13.2 Å². The topological polar surface area (TPSA) is 77.7 Å². The number of halogens is 3. The predicted molar refractivity (Wildman–Crippen MR) is 124 cm³/mol. The number of pyridine rings is 1. The van der Waals surface area contributed by atoms with E-state index < -0.39 is 5.95 Å². The summed E-state index contributed by atoms with van der Waals surface area (Å²) in [6.07, 6.45) is 4.17. The van der Waals surface area contributed by atoms with Gasteiger partial charge in [-0.25, -0.2) is 9.78 Å². The summed E-state index contributed by atoms with van der Waals surface area (Å²) in [5, 5.41) is 1.13. The molecular weight excluding hydrogens is 468 g/mol. The molecule has 1 N–H and O–H groups in total. The Morgan fingerprint density at radius 3 is 2.76 bits per heavy atom. The fraction of sp³-hybridized carbons (Fsp3) is 0.348. The van der Waals surface area contributed by atoms with Gasteiger partial charge in [0.25, 0.3) is 0 Å². The van der Waals surface area contributed by atoms with Crippen LogP contribution in [0.3, 0.4) is 0 Å². The maximum Gasteiger partial charge on any atom is 0.328 e. The summed E-state index contributed by atoms with van der Waals surface area (Å²) in [7, 11) is 0. The van der Waals surface area contributed by atoms with Gasteiger partial charge in [0.05, 0.1) is 12.1 Å². The number of aromatic amines is 1. The van der Waals surface area contributed by atoms with Crippen molar-refractivity contribution >= 4 is 34.4 Å². The Labute approximate surface area is 199 Å². The molecule has 3 aromatic heterocycles. The van der Waals surface area contributed by atoms with Gasteiger partial charge in [-0.3, -0.25) is 9.13 Å². The number of hydrogen-bond acceptors (Lipinski definition) is 4. The van der Waals surface area contributed by atoms with E-state index in [4.69, 9.17) is 27.9 Å².